The summed E-state index contributed by atoms with van der Waals surface area (Å²) < 4.78 is 28.6. The van der Waals surface area contributed by atoms with Crippen LogP contribution in [0.5, 0.6) is 5.75 Å². The fourth-order valence-electron chi connectivity index (χ4n) is 3.32. The molecule has 0 aromatic heterocycles. The van der Waals surface area contributed by atoms with Crippen LogP contribution in [0.25, 0.3) is 0 Å². The second-order valence-electron chi connectivity index (χ2n) is 7.21. The van der Waals surface area contributed by atoms with Crippen molar-refractivity contribution >= 4 is 39.8 Å². The van der Waals surface area contributed by atoms with Gasteiger partial charge in [0.1, 0.15) is 15.6 Å². The Morgan fingerprint density at radius 3 is 2.73 bits per heavy atom. The topological polar surface area (TPSA) is 79.8 Å². The van der Waals surface area contributed by atoms with Gasteiger partial charge in [0.25, 0.3) is 0 Å². The molecule has 0 saturated heterocycles. The van der Waals surface area contributed by atoms with E-state index in [0.717, 1.165) is 50.5 Å². The summed E-state index contributed by atoms with van der Waals surface area (Å²) in [6.45, 7) is 2.21. The van der Waals surface area contributed by atoms with E-state index in [9.17, 15) is 8.42 Å². The lowest BCUT2D eigenvalue weighted by Gasteiger charge is -2.18. The number of guanidine groups is 1. The number of rotatable bonds is 7. The molecular formula is C18H28IN3O3S. The van der Waals surface area contributed by atoms with Crippen LogP contribution in [0, 0.1) is 5.41 Å². The van der Waals surface area contributed by atoms with E-state index in [0.29, 0.717) is 6.54 Å². The predicted molar refractivity (Wildman–Crippen MR) is 116 cm³/mol. The highest BCUT2D eigenvalue weighted by Crippen LogP contribution is 2.45. The third-order valence-electron chi connectivity index (χ3n) is 4.84. The average molecular weight is 493 g/mol. The van der Waals surface area contributed by atoms with Gasteiger partial charge in [0.15, 0.2) is 5.96 Å². The zero-order valence-corrected chi connectivity index (χ0v) is 18.5. The quantitative estimate of drug-likeness (QED) is 0.344. The third-order valence-corrected chi connectivity index (χ3v) is 5.98. The first-order chi connectivity index (χ1) is 11.9. The van der Waals surface area contributed by atoms with E-state index in [1.54, 1.807) is 7.05 Å². The van der Waals surface area contributed by atoms with Crippen molar-refractivity contribution in [1.29, 1.82) is 0 Å². The molecular weight excluding hydrogens is 465 g/mol. The standard InChI is InChI=1S/C18H27N3O3S.HI/c1-19-17(21-12-18(7-8-18)13-25(2,22)23)20-9-5-14-3-4-16-15(11-14)6-10-24-16;/h3-4,11H,5-10,12-13H2,1-2H3,(H2,19,20,21);1H. The first-order valence-corrected chi connectivity index (χ1v) is 10.8. The van der Waals surface area contributed by atoms with Crippen molar-refractivity contribution in [2.75, 3.05) is 38.8 Å². The van der Waals surface area contributed by atoms with Gasteiger partial charge in [0, 0.05) is 38.2 Å². The maximum absolute atomic E-state index is 11.5. The molecule has 0 bridgehead atoms. The van der Waals surface area contributed by atoms with Crippen molar-refractivity contribution in [3.8, 4) is 5.75 Å². The zero-order valence-electron chi connectivity index (χ0n) is 15.4. The highest BCUT2D eigenvalue weighted by atomic mass is 127. The van der Waals surface area contributed by atoms with Crippen LogP contribution >= 0.6 is 24.0 Å². The molecule has 0 radical (unpaired) electrons. The monoisotopic (exact) mass is 493 g/mol. The van der Waals surface area contributed by atoms with E-state index in [1.807, 2.05) is 6.07 Å². The number of benzene rings is 1. The summed E-state index contributed by atoms with van der Waals surface area (Å²) in [5, 5.41) is 6.58. The van der Waals surface area contributed by atoms with Crippen LogP contribution in [0.15, 0.2) is 23.2 Å². The minimum absolute atomic E-state index is 0. The van der Waals surface area contributed by atoms with Crippen LogP contribution in [0.4, 0.5) is 0 Å². The van der Waals surface area contributed by atoms with Gasteiger partial charge in [0.05, 0.1) is 12.4 Å². The maximum atomic E-state index is 11.5. The van der Waals surface area contributed by atoms with Gasteiger partial charge in [-0.1, -0.05) is 12.1 Å². The highest BCUT2D eigenvalue weighted by Gasteiger charge is 2.45. The Hall–Kier alpha value is -1.03. The van der Waals surface area contributed by atoms with Crippen molar-refractivity contribution in [1.82, 2.24) is 10.6 Å². The molecule has 1 aliphatic heterocycles. The molecule has 1 aromatic carbocycles. The molecule has 146 valence electrons. The summed E-state index contributed by atoms with van der Waals surface area (Å²) in [6.07, 6.45) is 5.12. The third kappa shape index (κ3) is 6.00. The fourth-order valence-corrected chi connectivity index (χ4v) is 4.82. The summed E-state index contributed by atoms with van der Waals surface area (Å²) in [5.41, 5.74) is 2.46. The number of ether oxygens (including phenoxy) is 1. The lowest BCUT2D eigenvalue weighted by atomic mass is 10.1. The molecule has 1 fully saturated rings. The predicted octanol–water partition coefficient (Wildman–Crippen LogP) is 1.77. The van der Waals surface area contributed by atoms with Crippen molar-refractivity contribution < 1.29 is 13.2 Å². The van der Waals surface area contributed by atoms with E-state index in [4.69, 9.17) is 4.74 Å². The summed E-state index contributed by atoms with van der Waals surface area (Å²) in [5.74, 6) is 1.99. The molecule has 26 heavy (non-hydrogen) atoms. The first kappa shape index (κ1) is 21.3. The average Bonchev–Trinajstić information content (AvgIpc) is 3.13. The molecule has 0 spiro atoms. The number of halogens is 1. The molecule has 1 heterocycles. The number of hydrogen-bond donors (Lipinski definition) is 2. The SMILES string of the molecule is CN=C(NCCc1ccc2c(c1)CCO2)NCC1(CS(C)(=O)=O)CC1.I. The van der Waals surface area contributed by atoms with Gasteiger partial charge in [-0.05, 0) is 36.5 Å². The Balaban J connectivity index is 0.00000243. The smallest absolute Gasteiger partial charge is 0.191 e. The van der Waals surface area contributed by atoms with Crippen LogP contribution in [0.2, 0.25) is 0 Å². The second-order valence-corrected chi connectivity index (χ2v) is 9.35. The highest BCUT2D eigenvalue weighted by molar-refractivity contribution is 14.0. The van der Waals surface area contributed by atoms with Gasteiger partial charge in [-0.15, -0.1) is 24.0 Å². The molecule has 6 nitrogen and oxygen atoms in total. The van der Waals surface area contributed by atoms with Gasteiger partial charge >= 0.3 is 0 Å². The lowest BCUT2D eigenvalue weighted by molar-refractivity contribution is 0.357. The van der Waals surface area contributed by atoms with Gasteiger partial charge in [-0.3, -0.25) is 4.99 Å². The Bertz CT molecular complexity index is 761. The Morgan fingerprint density at radius 1 is 1.31 bits per heavy atom. The minimum atomic E-state index is -2.94. The van der Waals surface area contributed by atoms with Crippen molar-refractivity contribution in [2.24, 2.45) is 10.4 Å². The molecule has 3 rings (SSSR count). The summed E-state index contributed by atoms with van der Waals surface area (Å²) in [6, 6.07) is 6.37. The lowest BCUT2D eigenvalue weighted by Crippen LogP contribution is -2.42. The van der Waals surface area contributed by atoms with E-state index in [-0.39, 0.29) is 35.1 Å². The number of nitrogens with zero attached hydrogens (tertiary/aromatic N) is 1. The minimum Gasteiger partial charge on any atom is -0.493 e. The zero-order chi connectivity index (χ0) is 17.9. The number of nitrogens with one attached hydrogen (secondary N) is 2. The van der Waals surface area contributed by atoms with Crippen LogP contribution in [0.1, 0.15) is 24.0 Å². The Kier molecular flexibility index (Phi) is 7.18. The normalized spacial score (nSPS) is 17.7. The van der Waals surface area contributed by atoms with Gasteiger partial charge in [0.2, 0.25) is 0 Å². The van der Waals surface area contributed by atoms with Gasteiger partial charge < -0.3 is 15.4 Å². The molecule has 0 unspecified atom stereocenters. The van der Waals surface area contributed by atoms with E-state index < -0.39 is 9.84 Å². The van der Waals surface area contributed by atoms with Crippen molar-refractivity contribution in [2.45, 2.75) is 25.7 Å². The number of aliphatic imine (C=N–C) groups is 1. The molecule has 0 atom stereocenters. The second kappa shape index (κ2) is 8.77. The molecule has 8 heteroatoms. The van der Waals surface area contributed by atoms with E-state index >= 15 is 0 Å². The number of fused-ring (bicyclic) bond motifs is 1. The molecule has 1 aromatic rings. The number of hydrogen-bond acceptors (Lipinski definition) is 4. The van der Waals surface area contributed by atoms with Gasteiger partial charge in [-0.25, -0.2) is 8.42 Å². The summed E-state index contributed by atoms with van der Waals surface area (Å²) in [4.78, 5) is 4.23. The van der Waals surface area contributed by atoms with E-state index in [2.05, 4.69) is 27.8 Å². The van der Waals surface area contributed by atoms with Crippen LogP contribution in [-0.2, 0) is 22.7 Å². The largest absolute Gasteiger partial charge is 0.493 e. The van der Waals surface area contributed by atoms with Crippen molar-refractivity contribution in [3.63, 3.8) is 0 Å². The Labute approximate surface area is 173 Å². The fraction of sp³-hybridized carbons (Fsp3) is 0.611. The molecule has 2 aliphatic rings. The maximum Gasteiger partial charge on any atom is 0.191 e. The summed E-state index contributed by atoms with van der Waals surface area (Å²) in [7, 11) is -1.21. The molecule has 1 saturated carbocycles. The van der Waals surface area contributed by atoms with Crippen molar-refractivity contribution in [3.05, 3.63) is 29.3 Å². The molecule has 0 amide bonds. The molecule has 1 aliphatic carbocycles. The van der Waals surface area contributed by atoms with E-state index in [1.165, 1.54) is 17.4 Å². The first-order valence-electron chi connectivity index (χ1n) is 8.76. The Morgan fingerprint density at radius 2 is 2.08 bits per heavy atom. The van der Waals surface area contributed by atoms with Crippen LogP contribution < -0.4 is 15.4 Å². The van der Waals surface area contributed by atoms with Crippen LogP contribution in [-0.4, -0.2) is 53.1 Å². The molecule has 2 N–H and O–H groups in total. The van der Waals surface area contributed by atoms with Crippen LogP contribution in [0.3, 0.4) is 0 Å². The van der Waals surface area contributed by atoms with Gasteiger partial charge in [-0.2, -0.15) is 0 Å². The summed E-state index contributed by atoms with van der Waals surface area (Å²) >= 11 is 0. The number of sulfone groups is 1.